The highest BCUT2D eigenvalue weighted by Gasteiger charge is 2.31. The highest BCUT2D eigenvalue weighted by molar-refractivity contribution is 7.87. The molecule has 2 N–H and O–H groups in total. The lowest BCUT2D eigenvalue weighted by atomic mass is 10.0. The number of hydrogen-bond acceptors (Lipinski definition) is 3. The predicted molar refractivity (Wildman–Crippen MR) is 68.3 cm³/mol. The molecule has 0 aromatic rings. The van der Waals surface area contributed by atoms with Crippen LogP contribution in [0.1, 0.15) is 33.1 Å². The second-order valence-corrected chi connectivity index (χ2v) is 6.95. The smallest absolute Gasteiger partial charge is 0.303 e. The van der Waals surface area contributed by atoms with Crippen molar-refractivity contribution in [1.82, 2.24) is 9.03 Å². The van der Waals surface area contributed by atoms with Gasteiger partial charge in [0.2, 0.25) is 0 Å². The predicted octanol–water partition coefficient (Wildman–Crippen LogP) is 0.663. The van der Waals surface area contributed by atoms with Crippen LogP contribution in [0.5, 0.6) is 0 Å². The third-order valence-corrected chi connectivity index (χ3v) is 4.57. The van der Waals surface area contributed by atoms with Gasteiger partial charge in [0.15, 0.2) is 0 Å². The maximum Gasteiger partial charge on any atom is 0.303 e. The Kier molecular flexibility index (Phi) is 5.55. The van der Waals surface area contributed by atoms with Crippen LogP contribution in [-0.2, 0) is 15.0 Å². The molecule has 0 amide bonds. The Morgan fingerprint density at radius 3 is 2.72 bits per heavy atom. The van der Waals surface area contributed by atoms with Crippen LogP contribution in [0.15, 0.2) is 0 Å². The van der Waals surface area contributed by atoms with Crippen LogP contribution in [0.2, 0.25) is 0 Å². The zero-order chi connectivity index (χ0) is 13.8. The van der Waals surface area contributed by atoms with Gasteiger partial charge in [-0.3, -0.25) is 4.79 Å². The molecule has 1 unspecified atom stereocenters. The first-order chi connectivity index (χ1) is 8.31. The fraction of sp³-hybridized carbons (Fsp3) is 0.909. The zero-order valence-corrected chi connectivity index (χ0v) is 11.7. The van der Waals surface area contributed by atoms with E-state index in [9.17, 15) is 13.2 Å². The quantitative estimate of drug-likeness (QED) is 0.716. The van der Waals surface area contributed by atoms with E-state index >= 15 is 0 Å². The molecule has 18 heavy (non-hydrogen) atoms. The van der Waals surface area contributed by atoms with Crippen molar-refractivity contribution in [2.75, 3.05) is 19.6 Å². The molecule has 1 saturated heterocycles. The SMILES string of the molecule is CC(C)CNS(=O)(=O)N1CCC(CCC(=O)O)C1. The van der Waals surface area contributed by atoms with Crippen molar-refractivity contribution in [1.29, 1.82) is 0 Å². The molecule has 1 atom stereocenters. The maximum absolute atomic E-state index is 11.9. The molecule has 0 aromatic heterocycles. The minimum atomic E-state index is -3.39. The summed E-state index contributed by atoms with van der Waals surface area (Å²) in [7, 11) is -3.39. The molecule has 0 saturated carbocycles. The van der Waals surface area contributed by atoms with Gasteiger partial charge >= 0.3 is 5.97 Å². The highest BCUT2D eigenvalue weighted by Crippen LogP contribution is 2.22. The van der Waals surface area contributed by atoms with Crippen LogP contribution in [0, 0.1) is 11.8 Å². The molecule has 1 rings (SSSR count). The largest absolute Gasteiger partial charge is 0.481 e. The van der Waals surface area contributed by atoms with Gasteiger partial charge in [-0.05, 0) is 24.7 Å². The standard InChI is InChI=1S/C11H22N2O4S/c1-9(2)7-12-18(16,17)13-6-5-10(8-13)3-4-11(14)15/h9-10,12H,3-8H2,1-2H3,(H,14,15). The average Bonchev–Trinajstić information content (AvgIpc) is 2.73. The molecular formula is C11H22N2O4S. The van der Waals surface area contributed by atoms with Crippen molar-refractivity contribution in [3.8, 4) is 0 Å². The Morgan fingerprint density at radius 1 is 1.50 bits per heavy atom. The molecule has 6 nitrogen and oxygen atoms in total. The van der Waals surface area contributed by atoms with Crippen LogP contribution in [-0.4, -0.2) is 43.4 Å². The summed E-state index contributed by atoms with van der Waals surface area (Å²) in [6, 6.07) is 0. The normalized spacial score (nSPS) is 21.6. The third-order valence-electron chi connectivity index (χ3n) is 3.03. The molecule has 0 bridgehead atoms. The van der Waals surface area contributed by atoms with E-state index in [1.54, 1.807) is 0 Å². The van der Waals surface area contributed by atoms with Gasteiger partial charge in [0.1, 0.15) is 0 Å². The van der Waals surface area contributed by atoms with E-state index in [0.717, 1.165) is 6.42 Å². The molecule has 0 spiro atoms. The van der Waals surface area contributed by atoms with E-state index in [2.05, 4.69) is 4.72 Å². The van der Waals surface area contributed by atoms with E-state index < -0.39 is 16.2 Å². The summed E-state index contributed by atoms with van der Waals surface area (Å²) < 4.78 is 27.8. The lowest BCUT2D eigenvalue weighted by Crippen LogP contribution is -2.40. The third kappa shape index (κ3) is 4.91. The van der Waals surface area contributed by atoms with Crippen LogP contribution in [0.3, 0.4) is 0 Å². The number of rotatable bonds is 7. The Hall–Kier alpha value is -0.660. The summed E-state index contributed by atoms with van der Waals surface area (Å²) in [5, 5.41) is 8.60. The first kappa shape index (κ1) is 15.4. The lowest BCUT2D eigenvalue weighted by Gasteiger charge is -2.18. The van der Waals surface area contributed by atoms with Gasteiger partial charge in [-0.1, -0.05) is 13.8 Å². The van der Waals surface area contributed by atoms with Crippen LogP contribution in [0.4, 0.5) is 0 Å². The van der Waals surface area contributed by atoms with Gasteiger partial charge in [-0.15, -0.1) is 0 Å². The van der Waals surface area contributed by atoms with Crippen LogP contribution < -0.4 is 4.72 Å². The highest BCUT2D eigenvalue weighted by atomic mass is 32.2. The number of nitrogens with one attached hydrogen (secondary N) is 1. The summed E-state index contributed by atoms with van der Waals surface area (Å²) in [6.45, 7) is 5.24. The Bertz CT molecular complexity index is 381. The molecule has 1 heterocycles. The molecule has 1 fully saturated rings. The first-order valence-electron chi connectivity index (χ1n) is 6.28. The van der Waals surface area contributed by atoms with Crippen LogP contribution in [0.25, 0.3) is 0 Å². The number of nitrogens with zero attached hydrogens (tertiary/aromatic N) is 1. The van der Waals surface area contributed by atoms with E-state index in [1.165, 1.54) is 4.31 Å². The van der Waals surface area contributed by atoms with Gasteiger partial charge in [-0.2, -0.15) is 12.7 Å². The Labute approximate surface area is 109 Å². The molecular weight excluding hydrogens is 256 g/mol. The van der Waals surface area contributed by atoms with Gasteiger partial charge in [0.25, 0.3) is 10.2 Å². The van der Waals surface area contributed by atoms with Gasteiger partial charge in [0.05, 0.1) is 0 Å². The van der Waals surface area contributed by atoms with Crippen molar-refractivity contribution < 1.29 is 18.3 Å². The summed E-state index contributed by atoms with van der Waals surface area (Å²) in [5.74, 6) is -0.392. The number of carboxylic acid groups (broad SMARTS) is 1. The Morgan fingerprint density at radius 2 is 2.17 bits per heavy atom. The minimum Gasteiger partial charge on any atom is -0.481 e. The van der Waals surface area contributed by atoms with Crippen LogP contribution >= 0.6 is 0 Å². The second kappa shape index (κ2) is 6.49. The molecule has 0 aliphatic carbocycles. The second-order valence-electron chi connectivity index (χ2n) is 5.19. The van der Waals surface area contributed by atoms with Crippen molar-refractivity contribution in [2.45, 2.75) is 33.1 Å². The van der Waals surface area contributed by atoms with E-state index in [0.29, 0.717) is 26.1 Å². The zero-order valence-electron chi connectivity index (χ0n) is 10.9. The Balaban J connectivity index is 2.42. The molecule has 0 radical (unpaired) electrons. The van der Waals surface area contributed by atoms with E-state index in [1.807, 2.05) is 13.8 Å². The van der Waals surface area contributed by atoms with Crippen molar-refractivity contribution in [2.24, 2.45) is 11.8 Å². The van der Waals surface area contributed by atoms with E-state index in [-0.39, 0.29) is 18.3 Å². The summed E-state index contributed by atoms with van der Waals surface area (Å²) in [6.07, 6.45) is 1.40. The fourth-order valence-electron chi connectivity index (χ4n) is 1.94. The minimum absolute atomic E-state index is 0.109. The fourth-order valence-corrected chi connectivity index (χ4v) is 3.42. The average molecular weight is 278 g/mol. The molecule has 106 valence electrons. The topological polar surface area (TPSA) is 86.7 Å². The number of carboxylic acids is 1. The lowest BCUT2D eigenvalue weighted by molar-refractivity contribution is -0.137. The monoisotopic (exact) mass is 278 g/mol. The summed E-state index contributed by atoms with van der Waals surface area (Å²) >= 11 is 0. The van der Waals surface area contributed by atoms with Crippen molar-refractivity contribution in [3.63, 3.8) is 0 Å². The molecule has 7 heteroatoms. The van der Waals surface area contributed by atoms with Gasteiger partial charge in [-0.25, -0.2) is 4.72 Å². The summed E-state index contributed by atoms with van der Waals surface area (Å²) in [4.78, 5) is 10.5. The molecule has 0 aromatic carbocycles. The van der Waals surface area contributed by atoms with E-state index in [4.69, 9.17) is 5.11 Å². The first-order valence-corrected chi connectivity index (χ1v) is 7.72. The van der Waals surface area contributed by atoms with Crippen molar-refractivity contribution >= 4 is 16.2 Å². The number of aliphatic carboxylic acids is 1. The van der Waals surface area contributed by atoms with Crippen molar-refractivity contribution in [3.05, 3.63) is 0 Å². The molecule has 1 aliphatic rings. The van der Waals surface area contributed by atoms with Gasteiger partial charge in [0, 0.05) is 26.1 Å². The van der Waals surface area contributed by atoms with Gasteiger partial charge < -0.3 is 5.11 Å². The molecule has 1 aliphatic heterocycles. The maximum atomic E-state index is 11.9. The number of carbonyl (C=O) groups is 1. The summed E-state index contributed by atoms with van der Waals surface area (Å²) in [5.41, 5.74) is 0. The number of hydrogen-bond donors (Lipinski definition) is 2.